The molecule has 0 heterocycles. The maximum Gasteiger partial charge on any atom is 0.0717 e. The fourth-order valence-corrected chi connectivity index (χ4v) is 2.01. The molecule has 2 aromatic carbocycles. The summed E-state index contributed by atoms with van der Waals surface area (Å²) in [6.45, 7) is 3.52. The highest BCUT2D eigenvalue weighted by Crippen LogP contribution is 2.12. The second kappa shape index (κ2) is 6.95. The van der Waals surface area contributed by atoms with Gasteiger partial charge in [-0.2, -0.15) is 0 Å². The van der Waals surface area contributed by atoms with Crippen molar-refractivity contribution in [3.05, 3.63) is 65.2 Å². The minimum atomic E-state index is 0.663. The first-order valence-electron chi connectivity index (χ1n) is 6.78. The molecule has 0 aliphatic carbocycles. The van der Waals surface area contributed by atoms with E-state index in [0.29, 0.717) is 13.2 Å². The van der Waals surface area contributed by atoms with Crippen molar-refractivity contribution >= 4 is 5.69 Å². The van der Waals surface area contributed by atoms with Crippen molar-refractivity contribution in [2.75, 3.05) is 12.3 Å². The lowest BCUT2D eigenvalue weighted by Gasteiger charge is -2.07. The Balaban J connectivity index is 1.76. The van der Waals surface area contributed by atoms with Crippen LogP contribution in [-0.4, -0.2) is 6.61 Å². The van der Waals surface area contributed by atoms with Crippen LogP contribution in [0.15, 0.2) is 48.5 Å². The van der Waals surface area contributed by atoms with Crippen LogP contribution < -0.4 is 5.73 Å². The van der Waals surface area contributed by atoms with E-state index in [1.165, 1.54) is 11.1 Å². The SMILES string of the molecule is CCc1ccc(COCCc2ccccc2N)cc1. The number of benzene rings is 2. The molecule has 2 rings (SSSR count). The van der Waals surface area contributed by atoms with Gasteiger partial charge in [0.1, 0.15) is 0 Å². The third-order valence-corrected chi connectivity index (χ3v) is 3.27. The van der Waals surface area contributed by atoms with Crippen LogP contribution in [0.1, 0.15) is 23.6 Å². The average Bonchev–Trinajstić information content (AvgIpc) is 2.46. The van der Waals surface area contributed by atoms with Gasteiger partial charge in [-0.15, -0.1) is 0 Å². The summed E-state index contributed by atoms with van der Waals surface area (Å²) >= 11 is 0. The molecule has 0 saturated carbocycles. The summed E-state index contributed by atoms with van der Waals surface area (Å²) < 4.78 is 5.70. The van der Waals surface area contributed by atoms with Crippen molar-refractivity contribution in [1.82, 2.24) is 0 Å². The Morgan fingerprint density at radius 1 is 0.947 bits per heavy atom. The number of aryl methyl sites for hydroxylation is 1. The first-order chi connectivity index (χ1) is 9.29. The van der Waals surface area contributed by atoms with E-state index in [-0.39, 0.29) is 0 Å². The summed E-state index contributed by atoms with van der Waals surface area (Å²) in [6.07, 6.45) is 1.94. The molecule has 2 heteroatoms. The van der Waals surface area contributed by atoms with Gasteiger partial charge in [-0.05, 0) is 35.6 Å². The number of ether oxygens (including phenoxy) is 1. The first-order valence-corrected chi connectivity index (χ1v) is 6.78. The number of rotatable bonds is 6. The van der Waals surface area contributed by atoms with Crippen molar-refractivity contribution in [1.29, 1.82) is 0 Å². The first kappa shape index (κ1) is 13.6. The monoisotopic (exact) mass is 255 g/mol. The second-order valence-corrected chi connectivity index (χ2v) is 4.67. The van der Waals surface area contributed by atoms with Crippen molar-refractivity contribution < 1.29 is 4.74 Å². The van der Waals surface area contributed by atoms with Gasteiger partial charge in [-0.3, -0.25) is 0 Å². The fraction of sp³-hybridized carbons (Fsp3) is 0.294. The molecule has 0 fully saturated rings. The summed E-state index contributed by atoms with van der Waals surface area (Å²) in [5, 5.41) is 0. The van der Waals surface area contributed by atoms with Gasteiger partial charge >= 0.3 is 0 Å². The highest BCUT2D eigenvalue weighted by molar-refractivity contribution is 5.46. The fourth-order valence-electron chi connectivity index (χ4n) is 2.01. The zero-order valence-electron chi connectivity index (χ0n) is 11.4. The van der Waals surface area contributed by atoms with Crippen LogP contribution >= 0.6 is 0 Å². The molecule has 0 bridgehead atoms. The van der Waals surface area contributed by atoms with E-state index < -0.39 is 0 Å². The second-order valence-electron chi connectivity index (χ2n) is 4.67. The molecule has 0 atom stereocenters. The molecule has 0 radical (unpaired) electrons. The number of hydrogen-bond acceptors (Lipinski definition) is 2. The van der Waals surface area contributed by atoms with Crippen molar-refractivity contribution in [2.24, 2.45) is 0 Å². The predicted molar refractivity (Wildman–Crippen MR) is 80.0 cm³/mol. The minimum Gasteiger partial charge on any atom is -0.399 e. The van der Waals surface area contributed by atoms with Gasteiger partial charge in [0.2, 0.25) is 0 Å². The number of anilines is 1. The minimum absolute atomic E-state index is 0.663. The summed E-state index contributed by atoms with van der Waals surface area (Å²) in [5.74, 6) is 0. The van der Waals surface area contributed by atoms with Crippen LogP contribution in [0.3, 0.4) is 0 Å². The molecule has 0 aliphatic heterocycles. The molecule has 0 spiro atoms. The van der Waals surface area contributed by atoms with Crippen LogP contribution in [0, 0.1) is 0 Å². The van der Waals surface area contributed by atoms with Crippen LogP contribution in [0.4, 0.5) is 5.69 Å². The Kier molecular flexibility index (Phi) is 4.99. The quantitative estimate of drug-likeness (QED) is 0.632. The molecule has 0 unspecified atom stereocenters. The molecular weight excluding hydrogens is 234 g/mol. The Bertz CT molecular complexity index is 505. The van der Waals surface area contributed by atoms with Gasteiger partial charge in [0.15, 0.2) is 0 Å². The van der Waals surface area contributed by atoms with Gasteiger partial charge in [-0.1, -0.05) is 49.4 Å². The molecule has 0 aromatic heterocycles. The van der Waals surface area contributed by atoms with E-state index in [2.05, 4.69) is 37.3 Å². The molecule has 0 amide bonds. The Labute approximate surface area is 115 Å². The molecule has 0 aliphatic rings. The Morgan fingerprint density at radius 3 is 2.32 bits per heavy atom. The lowest BCUT2D eigenvalue weighted by Crippen LogP contribution is -2.01. The van der Waals surface area contributed by atoms with Crippen molar-refractivity contribution in [2.45, 2.75) is 26.4 Å². The average molecular weight is 255 g/mol. The molecular formula is C17H21NO. The van der Waals surface area contributed by atoms with Gasteiger partial charge in [0.05, 0.1) is 13.2 Å². The topological polar surface area (TPSA) is 35.2 Å². The van der Waals surface area contributed by atoms with Crippen LogP contribution in [0.2, 0.25) is 0 Å². The summed E-state index contributed by atoms with van der Waals surface area (Å²) in [4.78, 5) is 0. The maximum absolute atomic E-state index is 5.89. The van der Waals surface area contributed by atoms with E-state index in [1.807, 2.05) is 18.2 Å². The summed E-state index contributed by atoms with van der Waals surface area (Å²) in [5.41, 5.74) is 10.5. The van der Waals surface area contributed by atoms with Crippen LogP contribution in [-0.2, 0) is 24.2 Å². The zero-order chi connectivity index (χ0) is 13.5. The number of nitrogens with two attached hydrogens (primary N) is 1. The van der Waals surface area contributed by atoms with Crippen molar-refractivity contribution in [3.63, 3.8) is 0 Å². The van der Waals surface area contributed by atoms with Gasteiger partial charge in [-0.25, -0.2) is 0 Å². The smallest absolute Gasteiger partial charge is 0.0717 e. The van der Waals surface area contributed by atoms with E-state index in [4.69, 9.17) is 10.5 Å². The Morgan fingerprint density at radius 2 is 1.63 bits per heavy atom. The molecule has 2 N–H and O–H groups in total. The lowest BCUT2D eigenvalue weighted by atomic mass is 10.1. The molecule has 19 heavy (non-hydrogen) atoms. The molecule has 2 nitrogen and oxygen atoms in total. The number of para-hydroxylation sites is 1. The third-order valence-electron chi connectivity index (χ3n) is 3.27. The van der Waals surface area contributed by atoms with Gasteiger partial charge in [0.25, 0.3) is 0 Å². The normalized spacial score (nSPS) is 10.6. The highest BCUT2D eigenvalue weighted by atomic mass is 16.5. The summed E-state index contributed by atoms with van der Waals surface area (Å²) in [6, 6.07) is 16.5. The zero-order valence-corrected chi connectivity index (χ0v) is 11.4. The maximum atomic E-state index is 5.89. The van der Waals surface area contributed by atoms with Gasteiger partial charge in [0, 0.05) is 5.69 Å². The summed E-state index contributed by atoms with van der Waals surface area (Å²) in [7, 11) is 0. The van der Waals surface area contributed by atoms with E-state index in [0.717, 1.165) is 24.1 Å². The highest BCUT2D eigenvalue weighted by Gasteiger charge is 1.98. The van der Waals surface area contributed by atoms with Crippen LogP contribution in [0.5, 0.6) is 0 Å². The molecule has 2 aromatic rings. The van der Waals surface area contributed by atoms with Crippen LogP contribution in [0.25, 0.3) is 0 Å². The van der Waals surface area contributed by atoms with E-state index in [1.54, 1.807) is 0 Å². The number of nitrogen functional groups attached to an aromatic ring is 1. The molecule has 100 valence electrons. The van der Waals surface area contributed by atoms with Gasteiger partial charge < -0.3 is 10.5 Å². The number of hydrogen-bond donors (Lipinski definition) is 1. The van der Waals surface area contributed by atoms with Crippen molar-refractivity contribution in [3.8, 4) is 0 Å². The van der Waals surface area contributed by atoms with E-state index >= 15 is 0 Å². The standard InChI is InChI=1S/C17H21NO/c1-2-14-7-9-15(10-8-14)13-19-12-11-16-5-3-4-6-17(16)18/h3-10H,2,11-13,18H2,1H3. The predicted octanol–water partition coefficient (Wildman–Crippen LogP) is 3.59. The molecule has 0 saturated heterocycles. The largest absolute Gasteiger partial charge is 0.399 e. The third kappa shape index (κ3) is 4.11. The Hall–Kier alpha value is -1.80. The lowest BCUT2D eigenvalue weighted by molar-refractivity contribution is 0.124. The van der Waals surface area contributed by atoms with E-state index in [9.17, 15) is 0 Å².